The van der Waals surface area contributed by atoms with Gasteiger partial charge < -0.3 is 20.4 Å². The predicted octanol–water partition coefficient (Wildman–Crippen LogP) is 3.82. The van der Waals surface area contributed by atoms with Gasteiger partial charge in [0.1, 0.15) is 5.82 Å². The molecule has 13 heteroatoms. The first-order valence-corrected chi connectivity index (χ1v) is 10.3. The van der Waals surface area contributed by atoms with Crippen LogP contribution in [0.25, 0.3) is 11.3 Å². The highest BCUT2D eigenvalue weighted by Gasteiger charge is 2.30. The molecule has 0 aliphatic heterocycles. The fourth-order valence-electron chi connectivity index (χ4n) is 2.51. The second-order valence-electron chi connectivity index (χ2n) is 6.15. The number of phosphoric ester groups is 1. The van der Waals surface area contributed by atoms with E-state index in [-0.39, 0.29) is 24.8 Å². The lowest BCUT2D eigenvalue weighted by Gasteiger charge is -2.11. The summed E-state index contributed by atoms with van der Waals surface area (Å²) < 4.78 is 53.7. The van der Waals surface area contributed by atoms with E-state index in [4.69, 9.17) is 9.79 Å². The average molecular weight is 455 g/mol. The van der Waals surface area contributed by atoms with Crippen molar-refractivity contribution in [1.29, 1.82) is 0 Å². The molecule has 4 N–H and O–H groups in total. The minimum atomic E-state index is -4.54. The number of halogens is 3. The Kier molecular flexibility index (Phi) is 6.86. The van der Waals surface area contributed by atoms with Crippen molar-refractivity contribution in [3.8, 4) is 11.3 Å². The maximum atomic E-state index is 12.9. The summed E-state index contributed by atoms with van der Waals surface area (Å²) in [7, 11) is -4.54. The molecular weight excluding hydrogens is 438 g/mol. The third-order valence-electron chi connectivity index (χ3n) is 3.82. The van der Waals surface area contributed by atoms with Crippen molar-refractivity contribution in [2.45, 2.75) is 6.18 Å². The Morgan fingerprint density at radius 1 is 1.06 bits per heavy atom. The minimum absolute atomic E-state index is 0.105. The first-order chi connectivity index (χ1) is 14.6. The van der Waals surface area contributed by atoms with Gasteiger partial charge in [0.25, 0.3) is 0 Å². The van der Waals surface area contributed by atoms with Crippen LogP contribution in [-0.4, -0.2) is 37.9 Å². The second kappa shape index (κ2) is 9.40. The lowest BCUT2D eigenvalue weighted by atomic mass is 10.2. The molecule has 0 aliphatic rings. The Labute approximate surface area is 174 Å². The van der Waals surface area contributed by atoms with Crippen LogP contribution in [0.5, 0.6) is 0 Å². The van der Waals surface area contributed by atoms with Crippen LogP contribution >= 0.6 is 7.82 Å². The number of hydrogen-bond acceptors (Lipinski definition) is 7. The molecule has 2 heterocycles. The normalized spacial score (nSPS) is 11.9. The van der Waals surface area contributed by atoms with Gasteiger partial charge in [0.15, 0.2) is 0 Å². The highest BCUT2D eigenvalue weighted by Crippen LogP contribution is 2.35. The molecule has 31 heavy (non-hydrogen) atoms. The monoisotopic (exact) mass is 455 g/mol. The number of benzene rings is 1. The Morgan fingerprint density at radius 2 is 1.84 bits per heavy atom. The van der Waals surface area contributed by atoms with Crippen molar-refractivity contribution in [2.24, 2.45) is 0 Å². The summed E-state index contributed by atoms with van der Waals surface area (Å²) in [6.45, 7) is -0.123. The topological polar surface area (TPSA) is 129 Å². The molecule has 9 nitrogen and oxygen atoms in total. The summed E-state index contributed by atoms with van der Waals surface area (Å²) in [6.07, 6.45) is -1.50. The highest BCUT2D eigenvalue weighted by atomic mass is 31.2. The van der Waals surface area contributed by atoms with Crippen LogP contribution in [0.4, 0.5) is 30.6 Å². The van der Waals surface area contributed by atoms with Crippen LogP contribution < -0.4 is 10.6 Å². The Morgan fingerprint density at radius 3 is 2.58 bits per heavy atom. The molecule has 0 radical (unpaired) electrons. The molecule has 0 aliphatic carbocycles. The van der Waals surface area contributed by atoms with Crippen LogP contribution in [0.15, 0.2) is 54.9 Å². The van der Waals surface area contributed by atoms with Crippen LogP contribution in [0.2, 0.25) is 0 Å². The first-order valence-electron chi connectivity index (χ1n) is 8.78. The van der Waals surface area contributed by atoms with E-state index in [9.17, 15) is 17.7 Å². The number of nitrogens with zero attached hydrogens (tertiary/aromatic N) is 3. The highest BCUT2D eigenvalue weighted by molar-refractivity contribution is 7.46. The standard InChI is InChI=1S/C18H17F3N5O4P/c19-18(20,21)13-2-1-3-14(11-13)25-17-24-7-5-15(26-17)12-4-6-22-16(10-12)23-8-9-30-31(27,28)29/h1-7,10-11H,8-9H2,(H,22,23)(H,24,25,26)(H2,27,28,29). The molecule has 0 unspecified atom stereocenters. The number of nitrogens with one attached hydrogen (secondary N) is 2. The number of phosphoric acid groups is 1. The van der Waals surface area contributed by atoms with E-state index < -0.39 is 19.6 Å². The van der Waals surface area contributed by atoms with E-state index in [1.54, 1.807) is 18.2 Å². The Bertz CT molecular complexity index is 1090. The zero-order valence-electron chi connectivity index (χ0n) is 15.7. The second-order valence-corrected chi connectivity index (χ2v) is 7.39. The maximum Gasteiger partial charge on any atom is 0.469 e. The van der Waals surface area contributed by atoms with Crippen LogP contribution in [0.1, 0.15) is 5.56 Å². The predicted molar refractivity (Wildman–Crippen MR) is 106 cm³/mol. The Hall–Kier alpha value is -3.05. The molecule has 0 saturated carbocycles. The van der Waals surface area contributed by atoms with Crippen LogP contribution in [-0.2, 0) is 15.3 Å². The third kappa shape index (κ3) is 7.00. The van der Waals surface area contributed by atoms with Crippen LogP contribution in [0.3, 0.4) is 0 Å². The zero-order chi connectivity index (χ0) is 22.5. The smallest absolute Gasteiger partial charge is 0.368 e. The van der Waals surface area contributed by atoms with Gasteiger partial charge in [-0.2, -0.15) is 13.2 Å². The molecule has 1 aromatic carbocycles. The van der Waals surface area contributed by atoms with Crippen molar-refractivity contribution >= 4 is 25.3 Å². The van der Waals surface area contributed by atoms with Gasteiger partial charge in [-0.15, -0.1) is 0 Å². The number of aromatic nitrogens is 3. The quantitative estimate of drug-likeness (QED) is 0.296. The molecule has 3 rings (SSSR count). The largest absolute Gasteiger partial charge is 0.469 e. The van der Waals surface area contributed by atoms with Gasteiger partial charge in [-0.25, -0.2) is 19.5 Å². The van der Waals surface area contributed by atoms with Crippen molar-refractivity contribution in [1.82, 2.24) is 15.0 Å². The Balaban J connectivity index is 1.71. The number of anilines is 3. The van der Waals surface area contributed by atoms with E-state index in [2.05, 4.69) is 30.1 Å². The van der Waals surface area contributed by atoms with E-state index in [1.165, 1.54) is 24.5 Å². The van der Waals surface area contributed by atoms with E-state index in [0.29, 0.717) is 17.1 Å². The van der Waals surface area contributed by atoms with E-state index in [0.717, 1.165) is 12.1 Å². The number of pyridine rings is 1. The summed E-state index contributed by atoms with van der Waals surface area (Å²) in [6, 6.07) is 9.63. The van der Waals surface area contributed by atoms with Gasteiger partial charge in [-0.05, 0) is 36.4 Å². The van der Waals surface area contributed by atoms with Gasteiger partial charge in [0.05, 0.1) is 17.9 Å². The number of hydrogen-bond donors (Lipinski definition) is 4. The fourth-order valence-corrected chi connectivity index (χ4v) is 2.84. The van der Waals surface area contributed by atoms with Gasteiger partial charge in [-0.3, -0.25) is 4.52 Å². The molecule has 3 aromatic rings. The lowest BCUT2D eigenvalue weighted by Crippen LogP contribution is -2.09. The fraction of sp³-hybridized carbons (Fsp3) is 0.167. The van der Waals surface area contributed by atoms with Gasteiger partial charge in [-0.1, -0.05) is 6.07 Å². The van der Waals surface area contributed by atoms with Crippen molar-refractivity contribution < 1.29 is 32.0 Å². The van der Waals surface area contributed by atoms with Crippen molar-refractivity contribution in [3.63, 3.8) is 0 Å². The van der Waals surface area contributed by atoms with E-state index >= 15 is 0 Å². The molecule has 0 atom stereocenters. The summed E-state index contributed by atoms with van der Waals surface area (Å²) in [5.41, 5.74) is 0.527. The van der Waals surface area contributed by atoms with Gasteiger partial charge in [0.2, 0.25) is 5.95 Å². The lowest BCUT2D eigenvalue weighted by molar-refractivity contribution is -0.137. The average Bonchev–Trinajstić information content (AvgIpc) is 2.71. The number of rotatable bonds is 8. The summed E-state index contributed by atoms with van der Waals surface area (Å²) in [5.74, 6) is 0.524. The van der Waals surface area contributed by atoms with Crippen LogP contribution in [0, 0.1) is 0 Å². The molecule has 0 bridgehead atoms. The third-order valence-corrected chi connectivity index (χ3v) is 4.34. The molecule has 2 aromatic heterocycles. The summed E-state index contributed by atoms with van der Waals surface area (Å²) in [5, 5.41) is 5.61. The maximum absolute atomic E-state index is 12.9. The zero-order valence-corrected chi connectivity index (χ0v) is 16.6. The first kappa shape index (κ1) is 22.6. The molecule has 0 amide bonds. The van der Waals surface area contributed by atoms with Gasteiger partial charge >= 0.3 is 14.0 Å². The van der Waals surface area contributed by atoms with Gasteiger partial charge in [0, 0.05) is 30.2 Å². The van der Waals surface area contributed by atoms with Crippen molar-refractivity contribution in [3.05, 3.63) is 60.4 Å². The molecular formula is C18H17F3N5O4P. The summed E-state index contributed by atoms with van der Waals surface area (Å²) >= 11 is 0. The molecule has 0 saturated heterocycles. The van der Waals surface area contributed by atoms with E-state index in [1.807, 2.05) is 0 Å². The SMILES string of the molecule is O=P(O)(O)OCCNc1cc(-c2ccnc(Nc3cccc(C(F)(F)F)c3)n2)ccn1. The summed E-state index contributed by atoms with van der Waals surface area (Å²) in [4.78, 5) is 29.8. The van der Waals surface area contributed by atoms with Crippen molar-refractivity contribution in [2.75, 3.05) is 23.8 Å². The number of alkyl halides is 3. The molecule has 0 spiro atoms. The molecule has 0 fully saturated rings. The molecule has 164 valence electrons. The minimum Gasteiger partial charge on any atom is -0.368 e.